The molecule has 1 heterocycles. The van der Waals surface area contributed by atoms with Crippen LogP contribution in [0, 0.1) is 11.3 Å². The molecule has 3 atom stereocenters. The Morgan fingerprint density at radius 1 is 1.24 bits per heavy atom. The van der Waals surface area contributed by atoms with Gasteiger partial charge in [0.15, 0.2) is 5.78 Å². The maximum atomic E-state index is 13.6. The molecule has 0 amide bonds. The lowest BCUT2D eigenvalue weighted by Gasteiger charge is -2.35. The van der Waals surface area contributed by atoms with Crippen LogP contribution in [0.25, 0.3) is 0 Å². The van der Waals surface area contributed by atoms with Crippen LogP contribution in [0.1, 0.15) is 27.2 Å². The van der Waals surface area contributed by atoms with Gasteiger partial charge in [0.2, 0.25) is 0 Å². The van der Waals surface area contributed by atoms with Crippen molar-refractivity contribution in [1.29, 1.82) is 0 Å². The van der Waals surface area contributed by atoms with E-state index in [-0.39, 0.29) is 5.78 Å². The van der Waals surface area contributed by atoms with E-state index in [1.165, 1.54) is 0 Å². The third-order valence-corrected chi connectivity index (χ3v) is 2.94. The largest absolute Gasteiger partial charge is 0.393 e. The lowest BCUT2D eigenvalue weighted by molar-refractivity contribution is -0.185. The number of alkyl halides is 4. The van der Waals surface area contributed by atoms with Crippen LogP contribution in [-0.2, 0) is 4.79 Å². The Hall–Kier alpha value is -0.650. The van der Waals surface area contributed by atoms with Crippen molar-refractivity contribution in [2.75, 3.05) is 6.54 Å². The summed E-state index contributed by atoms with van der Waals surface area (Å²) in [6.07, 6.45) is -6.82. The normalized spacial score (nSPS) is 31.4. The fourth-order valence-electron chi connectivity index (χ4n) is 1.86. The van der Waals surface area contributed by atoms with Crippen molar-refractivity contribution in [3.05, 3.63) is 0 Å². The van der Waals surface area contributed by atoms with Crippen molar-refractivity contribution in [3.63, 3.8) is 0 Å². The van der Waals surface area contributed by atoms with E-state index in [9.17, 15) is 22.4 Å². The number of hydrogen-bond donors (Lipinski definition) is 1. The third-order valence-electron chi connectivity index (χ3n) is 2.94. The molecule has 1 saturated heterocycles. The second-order valence-electron chi connectivity index (χ2n) is 5.49. The molecule has 3 unspecified atom stereocenters. The lowest BCUT2D eigenvalue weighted by atomic mass is 9.81. The Morgan fingerprint density at radius 3 is 2.12 bits per heavy atom. The number of ketones is 1. The van der Waals surface area contributed by atoms with E-state index in [1.54, 1.807) is 20.8 Å². The van der Waals surface area contributed by atoms with Gasteiger partial charge in [-0.25, -0.2) is 4.39 Å². The molecule has 0 bridgehead atoms. The summed E-state index contributed by atoms with van der Waals surface area (Å²) < 4.78 is 50.8. The van der Waals surface area contributed by atoms with E-state index < -0.39 is 42.7 Å². The standard InChI is InChI=1S/C11H17F4NO/c1-10(2,3)9(17)8-7(12)4-6(5-16-8)11(13,14)15/h6-8,16H,4-5H2,1-3H3. The van der Waals surface area contributed by atoms with Gasteiger partial charge in [0, 0.05) is 12.0 Å². The molecule has 1 N–H and O–H groups in total. The Balaban J connectivity index is 2.70. The molecule has 2 nitrogen and oxygen atoms in total. The van der Waals surface area contributed by atoms with E-state index in [1.807, 2.05) is 0 Å². The van der Waals surface area contributed by atoms with Crippen LogP contribution in [0.5, 0.6) is 0 Å². The highest BCUT2D eigenvalue weighted by atomic mass is 19.4. The molecule has 100 valence electrons. The summed E-state index contributed by atoms with van der Waals surface area (Å²) in [5.41, 5.74) is -0.757. The number of hydrogen-bond acceptors (Lipinski definition) is 2. The topological polar surface area (TPSA) is 29.1 Å². The van der Waals surface area contributed by atoms with Crippen molar-refractivity contribution in [3.8, 4) is 0 Å². The van der Waals surface area contributed by atoms with E-state index in [4.69, 9.17) is 0 Å². The highest BCUT2D eigenvalue weighted by Gasteiger charge is 2.47. The summed E-state index contributed by atoms with van der Waals surface area (Å²) in [6, 6.07) is -1.12. The molecule has 0 aromatic carbocycles. The average molecular weight is 255 g/mol. The zero-order valence-corrected chi connectivity index (χ0v) is 10.1. The first kappa shape index (κ1) is 14.4. The van der Waals surface area contributed by atoms with Gasteiger partial charge in [-0.2, -0.15) is 13.2 Å². The number of carbonyl (C=O) groups excluding carboxylic acids is 1. The van der Waals surface area contributed by atoms with Crippen LogP contribution < -0.4 is 5.32 Å². The Labute approximate surface area is 97.8 Å². The van der Waals surface area contributed by atoms with E-state index in [0.29, 0.717) is 0 Å². The Bertz CT molecular complexity index is 295. The van der Waals surface area contributed by atoms with Crippen LogP contribution in [0.15, 0.2) is 0 Å². The highest BCUT2D eigenvalue weighted by Crippen LogP contribution is 2.34. The molecule has 6 heteroatoms. The van der Waals surface area contributed by atoms with Gasteiger partial charge in [-0.05, 0) is 6.42 Å². The van der Waals surface area contributed by atoms with Gasteiger partial charge >= 0.3 is 6.18 Å². The van der Waals surface area contributed by atoms with Gasteiger partial charge in [0.05, 0.1) is 12.0 Å². The van der Waals surface area contributed by atoms with Gasteiger partial charge in [0.25, 0.3) is 0 Å². The molecule has 0 aromatic heterocycles. The SMILES string of the molecule is CC(C)(C)C(=O)C1NCC(C(F)(F)F)CC1F. The van der Waals surface area contributed by atoms with Crippen LogP contribution >= 0.6 is 0 Å². The van der Waals surface area contributed by atoms with E-state index >= 15 is 0 Å². The Morgan fingerprint density at radius 2 is 1.76 bits per heavy atom. The Kier molecular flexibility index (Phi) is 3.86. The zero-order valence-electron chi connectivity index (χ0n) is 10.1. The third kappa shape index (κ3) is 3.40. The van der Waals surface area contributed by atoms with E-state index in [2.05, 4.69) is 5.32 Å². The first-order chi connectivity index (χ1) is 7.53. The van der Waals surface area contributed by atoms with Crippen LogP contribution in [0.4, 0.5) is 17.6 Å². The monoisotopic (exact) mass is 255 g/mol. The smallest absolute Gasteiger partial charge is 0.304 e. The van der Waals surface area contributed by atoms with E-state index in [0.717, 1.165) is 0 Å². The number of piperidine rings is 1. The molecule has 1 rings (SSSR count). The van der Waals surface area contributed by atoms with Gasteiger partial charge in [-0.1, -0.05) is 20.8 Å². The van der Waals surface area contributed by atoms with Crippen molar-refractivity contribution in [2.24, 2.45) is 11.3 Å². The predicted octanol–water partition coefficient (Wildman–Crippen LogP) is 2.48. The van der Waals surface area contributed by atoms with Crippen LogP contribution in [-0.4, -0.2) is 30.7 Å². The van der Waals surface area contributed by atoms with Crippen molar-refractivity contribution >= 4 is 5.78 Å². The van der Waals surface area contributed by atoms with Crippen molar-refractivity contribution < 1.29 is 22.4 Å². The molecule has 1 aliphatic heterocycles. The molecule has 0 spiro atoms. The summed E-state index contributed by atoms with van der Waals surface area (Å²) in [5, 5.41) is 2.39. The molecular formula is C11H17F4NO. The van der Waals surface area contributed by atoms with Crippen LogP contribution in [0.2, 0.25) is 0 Å². The summed E-state index contributed by atoms with van der Waals surface area (Å²) in [7, 11) is 0. The zero-order chi connectivity index (χ0) is 13.4. The van der Waals surface area contributed by atoms with Gasteiger partial charge in [-0.3, -0.25) is 4.79 Å². The maximum Gasteiger partial charge on any atom is 0.393 e. The molecule has 17 heavy (non-hydrogen) atoms. The van der Waals surface area contributed by atoms with Crippen molar-refractivity contribution in [1.82, 2.24) is 5.32 Å². The number of nitrogens with one attached hydrogen (secondary N) is 1. The summed E-state index contributed by atoms with van der Waals surface area (Å²) in [4.78, 5) is 11.8. The predicted molar refractivity (Wildman–Crippen MR) is 55.3 cm³/mol. The van der Waals surface area contributed by atoms with Crippen molar-refractivity contribution in [2.45, 2.75) is 45.6 Å². The summed E-state index contributed by atoms with van der Waals surface area (Å²) in [5.74, 6) is -2.09. The number of Topliss-reactive ketones (excluding diaryl/α,β-unsaturated/α-hetero) is 1. The molecule has 0 radical (unpaired) electrons. The highest BCUT2D eigenvalue weighted by molar-refractivity contribution is 5.89. The average Bonchev–Trinajstić information content (AvgIpc) is 2.13. The first-order valence-electron chi connectivity index (χ1n) is 5.52. The molecule has 0 saturated carbocycles. The number of rotatable bonds is 1. The molecule has 0 aliphatic carbocycles. The summed E-state index contributed by atoms with van der Waals surface area (Å²) >= 11 is 0. The van der Waals surface area contributed by atoms with Gasteiger partial charge in [-0.15, -0.1) is 0 Å². The quantitative estimate of drug-likeness (QED) is 0.729. The number of carbonyl (C=O) groups is 1. The summed E-state index contributed by atoms with van der Waals surface area (Å²) in [6.45, 7) is 4.48. The maximum absolute atomic E-state index is 13.6. The minimum absolute atomic E-state index is 0.384. The first-order valence-corrected chi connectivity index (χ1v) is 5.52. The molecule has 0 aromatic rings. The second kappa shape index (κ2) is 4.55. The second-order valence-corrected chi connectivity index (χ2v) is 5.49. The minimum Gasteiger partial charge on any atom is -0.304 e. The fraction of sp³-hybridized carbons (Fsp3) is 0.909. The molecule has 1 aliphatic rings. The lowest BCUT2D eigenvalue weighted by Crippen LogP contribution is -2.56. The fourth-order valence-corrected chi connectivity index (χ4v) is 1.86. The molecule has 1 fully saturated rings. The number of halogens is 4. The van der Waals surface area contributed by atoms with Gasteiger partial charge in [0.1, 0.15) is 6.17 Å². The van der Waals surface area contributed by atoms with Gasteiger partial charge < -0.3 is 5.32 Å². The molecular weight excluding hydrogens is 238 g/mol. The minimum atomic E-state index is -4.41. The van der Waals surface area contributed by atoms with Crippen LogP contribution in [0.3, 0.4) is 0 Å².